The molecule has 0 bridgehead atoms. The van der Waals surface area contributed by atoms with E-state index in [-0.39, 0.29) is 0 Å². The Balaban J connectivity index is 2.10. The normalized spacial score (nSPS) is 13.2. The standard InChI is InChI=1S/C13H18N2S/c1-9(2)10(3)8-14-13-11-6-4-5-7-12(11)15-16-13/h4-7,9-10,14H,8H2,1-3H3. The molecule has 2 aromatic rings. The fraction of sp³-hybridized carbons (Fsp3) is 0.462. The summed E-state index contributed by atoms with van der Waals surface area (Å²) >= 11 is 1.56. The molecule has 0 saturated carbocycles. The molecule has 2 rings (SSSR count). The van der Waals surface area contributed by atoms with Crippen molar-refractivity contribution in [3.05, 3.63) is 24.3 Å². The molecule has 1 atom stereocenters. The zero-order valence-electron chi connectivity index (χ0n) is 10.0. The van der Waals surface area contributed by atoms with Gasteiger partial charge in [0.05, 0.1) is 5.52 Å². The van der Waals surface area contributed by atoms with Gasteiger partial charge in [0.25, 0.3) is 0 Å². The summed E-state index contributed by atoms with van der Waals surface area (Å²) in [5.41, 5.74) is 1.09. The van der Waals surface area contributed by atoms with Crippen molar-refractivity contribution in [1.82, 2.24) is 4.37 Å². The lowest BCUT2D eigenvalue weighted by Gasteiger charge is -2.15. The van der Waals surface area contributed by atoms with Gasteiger partial charge in [0.2, 0.25) is 0 Å². The van der Waals surface area contributed by atoms with Gasteiger partial charge in [-0.3, -0.25) is 0 Å². The van der Waals surface area contributed by atoms with Gasteiger partial charge in [0, 0.05) is 11.9 Å². The molecule has 0 amide bonds. The molecule has 86 valence electrons. The lowest BCUT2D eigenvalue weighted by Crippen LogP contribution is -2.15. The molecule has 2 nitrogen and oxygen atoms in total. The predicted octanol–water partition coefficient (Wildman–Crippen LogP) is 4.00. The van der Waals surface area contributed by atoms with Gasteiger partial charge in [-0.1, -0.05) is 32.9 Å². The maximum atomic E-state index is 4.42. The van der Waals surface area contributed by atoms with Crippen LogP contribution in [-0.2, 0) is 0 Å². The Bertz CT molecular complexity index is 462. The second-order valence-corrected chi connectivity index (χ2v) is 5.40. The Morgan fingerprint density at radius 2 is 2.00 bits per heavy atom. The van der Waals surface area contributed by atoms with Crippen molar-refractivity contribution in [2.24, 2.45) is 11.8 Å². The molecule has 0 aliphatic rings. The molecule has 0 saturated heterocycles. The Morgan fingerprint density at radius 1 is 1.25 bits per heavy atom. The summed E-state index contributed by atoms with van der Waals surface area (Å²) in [6.07, 6.45) is 0. The lowest BCUT2D eigenvalue weighted by atomic mass is 9.98. The predicted molar refractivity (Wildman–Crippen MR) is 72.1 cm³/mol. The van der Waals surface area contributed by atoms with E-state index in [9.17, 15) is 0 Å². The van der Waals surface area contributed by atoms with Gasteiger partial charge in [-0.15, -0.1) is 0 Å². The molecule has 3 heteroatoms. The highest BCUT2D eigenvalue weighted by molar-refractivity contribution is 7.11. The third-order valence-electron chi connectivity index (χ3n) is 3.11. The minimum atomic E-state index is 0.681. The molecule has 16 heavy (non-hydrogen) atoms. The van der Waals surface area contributed by atoms with Crippen LogP contribution in [0, 0.1) is 11.8 Å². The van der Waals surface area contributed by atoms with Gasteiger partial charge in [0.15, 0.2) is 0 Å². The van der Waals surface area contributed by atoms with Crippen LogP contribution in [-0.4, -0.2) is 10.9 Å². The van der Waals surface area contributed by atoms with Crippen LogP contribution >= 0.6 is 11.5 Å². The van der Waals surface area contributed by atoms with E-state index < -0.39 is 0 Å². The van der Waals surface area contributed by atoms with Crippen LogP contribution < -0.4 is 5.32 Å². The summed E-state index contributed by atoms with van der Waals surface area (Å²) in [7, 11) is 0. The fourth-order valence-corrected chi connectivity index (χ4v) is 2.27. The third-order valence-corrected chi connectivity index (χ3v) is 3.94. The summed E-state index contributed by atoms with van der Waals surface area (Å²) in [4.78, 5) is 0. The number of hydrogen-bond acceptors (Lipinski definition) is 3. The maximum absolute atomic E-state index is 4.42. The average molecular weight is 234 g/mol. The van der Waals surface area contributed by atoms with E-state index in [0.717, 1.165) is 12.1 Å². The minimum Gasteiger partial charge on any atom is -0.375 e. The van der Waals surface area contributed by atoms with Crippen molar-refractivity contribution in [1.29, 1.82) is 0 Å². The van der Waals surface area contributed by atoms with Gasteiger partial charge in [-0.05, 0) is 35.5 Å². The minimum absolute atomic E-state index is 0.681. The van der Waals surface area contributed by atoms with Gasteiger partial charge >= 0.3 is 0 Å². The number of fused-ring (bicyclic) bond motifs is 1. The first-order chi connectivity index (χ1) is 7.68. The number of benzene rings is 1. The van der Waals surface area contributed by atoms with Crippen LogP contribution in [0.15, 0.2) is 24.3 Å². The van der Waals surface area contributed by atoms with Crippen LogP contribution in [0.4, 0.5) is 5.00 Å². The third kappa shape index (κ3) is 2.35. The summed E-state index contributed by atoms with van der Waals surface area (Å²) in [6, 6.07) is 8.28. The van der Waals surface area contributed by atoms with E-state index in [1.807, 2.05) is 6.07 Å². The average Bonchev–Trinajstić information content (AvgIpc) is 2.69. The van der Waals surface area contributed by atoms with Gasteiger partial charge in [-0.2, -0.15) is 4.37 Å². The van der Waals surface area contributed by atoms with Crippen molar-refractivity contribution < 1.29 is 0 Å². The molecule has 1 N–H and O–H groups in total. The molecule has 0 radical (unpaired) electrons. The van der Waals surface area contributed by atoms with E-state index in [1.165, 1.54) is 10.4 Å². The van der Waals surface area contributed by atoms with E-state index in [4.69, 9.17) is 0 Å². The van der Waals surface area contributed by atoms with E-state index in [2.05, 4.69) is 48.7 Å². The van der Waals surface area contributed by atoms with Crippen molar-refractivity contribution in [3.63, 3.8) is 0 Å². The highest BCUT2D eigenvalue weighted by Gasteiger charge is 2.09. The Morgan fingerprint density at radius 3 is 2.75 bits per heavy atom. The Labute approximate surface area is 101 Å². The van der Waals surface area contributed by atoms with Crippen molar-refractivity contribution in [3.8, 4) is 0 Å². The number of anilines is 1. The van der Waals surface area contributed by atoms with Crippen LogP contribution in [0.3, 0.4) is 0 Å². The fourth-order valence-electron chi connectivity index (χ4n) is 1.51. The molecule has 1 unspecified atom stereocenters. The topological polar surface area (TPSA) is 24.9 Å². The first kappa shape index (κ1) is 11.4. The molecule has 0 spiro atoms. The van der Waals surface area contributed by atoms with Crippen LogP contribution in [0.25, 0.3) is 10.9 Å². The van der Waals surface area contributed by atoms with E-state index >= 15 is 0 Å². The zero-order valence-corrected chi connectivity index (χ0v) is 10.8. The van der Waals surface area contributed by atoms with E-state index in [1.54, 1.807) is 11.5 Å². The summed E-state index contributed by atoms with van der Waals surface area (Å²) in [5, 5.41) is 5.94. The molecule has 0 fully saturated rings. The van der Waals surface area contributed by atoms with Crippen molar-refractivity contribution >= 4 is 27.4 Å². The van der Waals surface area contributed by atoms with E-state index in [0.29, 0.717) is 11.8 Å². The number of hydrogen-bond donors (Lipinski definition) is 1. The molecular formula is C13H18N2S. The maximum Gasteiger partial charge on any atom is 0.117 e. The molecule has 1 heterocycles. The van der Waals surface area contributed by atoms with Crippen molar-refractivity contribution in [2.75, 3.05) is 11.9 Å². The number of aromatic nitrogens is 1. The van der Waals surface area contributed by atoms with Crippen LogP contribution in [0.2, 0.25) is 0 Å². The number of rotatable bonds is 4. The lowest BCUT2D eigenvalue weighted by molar-refractivity contribution is 0.440. The second kappa shape index (κ2) is 4.83. The summed E-state index contributed by atoms with van der Waals surface area (Å²) in [6.45, 7) is 7.82. The monoisotopic (exact) mass is 234 g/mol. The zero-order chi connectivity index (χ0) is 11.5. The largest absolute Gasteiger partial charge is 0.375 e. The highest BCUT2D eigenvalue weighted by Crippen LogP contribution is 2.27. The molecule has 1 aromatic carbocycles. The first-order valence-corrected chi connectivity index (χ1v) is 6.54. The Kier molecular flexibility index (Phi) is 3.44. The summed E-state index contributed by atoms with van der Waals surface area (Å²) < 4.78 is 4.42. The Hall–Kier alpha value is -1.09. The van der Waals surface area contributed by atoms with Crippen LogP contribution in [0.5, 0.6) is 0 Å². The van der Waals surface area contributed by atoms with Gasteiger partial charge in [-0.25, -0.2) is 0 Å². The molecule has 0 aliphatic heterocycles. The smallest absolute Gasteiger partial charge is 0.117 e. The summed E-state index contributed by atoms with van der Waals surface area (Å²) in [5.74, 6) is 1.40. The molecule has 0 aliphatic carbocycles. The SMILES string of the molecule is CC(C)C(C)CNc1snc2ccccc12. The number of nitrogens with zero attached hydrogens (tertiary/aromatic N) is 1. The molecular weight excluding hydrogens is 216 g/mol. The van der Waals surface area contributed by atoms with Crippen molar-refractivity contribution in [2.45, 2.75) is 20.8 Å². The van der Waals surface area contributed by atoms with Gasteiger partial charge in [0.1, 0.15) is 5.00 Å². The second-order valence-electron chi connectivity index (χ2n) is 4.63. The quantitative estimate of drug-likeness (QED) is 0.865. The molecule has 1 aromatic heterocycles. The first-order valence-electron chi connectivity index (χ1n) is 5.76. The van der Waals surface area contributed by atoms with Gasteiger partial charge < -0.3 is 5.32 Å². The van der Waals surface area contributed by atoms with Crippen LogP contribution in [0.1, 0.15) is 20.8 Å². The number of nitrogens with one attached hydrogen (secondary N) is 1. The highest BCUT2D eigenvalue weighted by atomic mass is 32.1.